The second kappa shape index (κ2) is 6.98. The maximum Gasteiger partial charge on any atom is 0.119 e. The van der Waals surface area contributed by atoms with E-state index in [4.69, 9.17) is 16.3 Å². The zero-order valence-corrected chi connectivity index (χ0v) is 11.6. The molecule has 1 saturated heterocycles. The van der Waals surface area contributed by atoms with E-state index in [1.54, 1.807) is 0 Å². The summed E-state index contributed by atoms with van der Waals surface area (Å²) in [6, 6.07) is 8.24. The fourth-order valence-corrected chi connectivity index (χ4v) is 2.23. The molecule has 1 aromatic carbocycles. The van der Waals surface area contributed by atoms with Crippen LogP contribution in [0.5, 0.6) is 5.75 Å². The molecule has 1 heterocycles. The van der Waals surface area contributed by atoms with Crippen molar-refractivity contribution in [3.63, 3.8) is 0 Å². The summed E-state index contributed by atoms with van der Waals surface area (Å²) >= 11 is 5.83. The van der Waals surface area contributed by atoms with Crippen molar-refractivity contribution >= 4 is 11.6 Å². The molecular weight excluding hydrogens is 248 g/mol. The van der Waals surface area contributed by atoms with Gasteiger partial charge >= 0.3 is 0 Å². The number of halogens is 1. The lowest BCUT2D eigenvalue weighted by atomic mass is 10.1. The van der Waals surface area contributed by atoms with Crippen LogP contribution in [-0.2, 0) is 0 Å². The summed E-state index contributed by atoms with van der Waals surface area (Å²) < 4.78 is 5.74. The van der Waals surface area contributed by atoms with Crippen LogP contribution in [0.2, 0.25) is 5.02 Å². The van der Waals surface area contributed by atoms with Crippen molar-refractivity contribution in [3.05, 3.63) is 29.3 Å². The van der Waals surface area contributed by atoms with Crippen LogP contribution in [0.1, 0.15) is 13.3 Å². The summed E-state index contributed by atoms with van der Waals surface area (Å²) in [6.07, 6.45) is 1.19. The van der Waals surface area contributed by atoms with Gasteiger partial charge in [0.1, 0.15) is 12.4 Å². The minimum Gasteiger partial charge on any atom is -0.492 e. The molecule has 2 rings (SSSR count). The molecule has 1 aliphatic rings. The van der Waals surface area contributed by atoms with Crippen molar-refractivity contribution in [2.24, 2.45) is 0 Å². The normalized spacial score (nSPS) is 15.7. The van der Waals surface area contributed by atoms with Crippen LogP contribution in [0.15, 0.2) is 24.3 Å². The molecule has 1 aromatic rings. The van der Waals surface area contributed by atoms with Crippen molar-refractivity contribution in [2.75, 3.05) is 32.8 Å². The van der Waals surface area contributed by atoms with Crippen LogP contribution in [0, 0.1) is 0 Å². The lowest BCUT2D eigenvalue weighted by Gasteiger charge is -2.38. The van der Waals surface area contributed by atoms with Gasteiger partial charge in [-0.15, -0.1) is 0 Å². The van der Waals surface area contributed by atoms with E-state index in [9.17, 15) is 0 Å². The average molecular weight is 269 g/mol. The van der Waals surface area contributed by atoms with Gasteiger partial charge < -0.3 is 10.1 Å². The smallest absolute Gasteiger partial charge is 0.119 e. The Balaban J connectivity index is 1.73. The number of nitrogens with zero attached hydrogens (tertiary/aromatic N) is 1. The summed E-state index contributed by atoms with van der Waals surface area (Å²) in [4.78, 5) is 2.51. The fraction of sp³-hybridized carbons (Fsp3) is 0.571. The Morgan fingerprint density at radius 2 is 2.00 bits per heavy atom. The fourth-order valence-electron chi connectivity index (χ4n) is 2.11. The molecule has 0 atom stereocenters. The first-order valence-electron chi connectivity index (χ1n) is 6.62. The molecular formula is C14H21ClN2O. The summed E-state index contributed by atoms with van der Waals surface area (Å²) in [5.74, 6) is 0.891. The summed E-state index contributed by atoms with van der Waals surface area (Å²) in [7, 11) is 0. The Morgan fingerprint density at radius 3 is 2.56 bits per heavy atom. The van der Waals surface area contributed by atoms with Crippen LogP contribution in [0.3, 0.4) is 0 Å². The first-order valence-corrected chi connectivity index (χ1v) is 7.00. The van der Waals surface area contributed by atoms with Crippen molar-refractivity contribution in [2.45, 2.75) is 19.4 Å². The molecule has 0 radical (unpaired) electrons. The third kappa shape index (κ3) is 3.87. The zero-order valence-electron chi connectivity index (χ0n) is 10.9. The van der Waals surface area contributed by atoms with E-state index in [-0.39, 0.29) is 0 Å². The van der Waals surface area contributed by atoms with E-state index in [1.807, 2.05) is 24.3 Å². The number of hydrogen-bond donors (Lipinski definition) is 1. The van der Waals surface area contributed by atoms with E-state index in [1.165, 1.54) is 6.42 Å². The summed E-state index contributed by atoms with van der Waals surface area (Å²) in [5, 5.41) is 4.06. The van der Waals surface area contributed by atoms with Gasteiger partial charge in [-0.2, -0.15) is 0 Å². The van der Waals surface area contributed by atoms with Gasteiger partial charge in [-0.1, -0.05) is 18.5 Å². The number of hydrogen-bond acceptors (Lipinski definition) is 3. The quantitative estimate of drug-likeness (QED) is 0.822. The Hall–Kier alpha value is -0.770. The number of ether oxygens (including phenoxy) is 1. The topological polar surface area (TPSA) is 24.5 Å². The third-order valence-electron chi connectivity index (χ3n) is 3.25. The van der Waals surface area contributed by atoms with E-state index in [2.05, 4.69) is 17.1 Å². The predicted molar refractivity (Wildman–Crippen MR) is 75.5 cm³/mol. The SMILES string of the molecule is CCCN(CCOc1ccc(Cl)cc1)C1CNC1. The van der Waals surface area contributed by atoms with E-state index >= 15 is 0 Å². The van der Waals surface area contributed by atoms with Crippen molar-refractivity contribution in [1.82, 2.24) is 10.2 Å². The minimum atomic E-state index is 0.693. The maximum absolute atomic E-state index is 5.83. The summed E-state index contributed by atoms with van der Waals surface area (Å²) in [6.45, 7) is 7.32. The number of benzene rings is 1. The molecule has 3 nitrogen and oxygen atoms in total. The standard InChI is InChI=1S/C14H21ClN2O/c1-2-7-17(13-10-16-11-13)8-9-18-14-5-3-12(15)4-6-14/h3-6,13,16H,2,7-11H2,1H3. The molecule has 4 heteroatoms. The van der Waals surface area contributed by atoms with Crippen LogP contribution in [0.4, 0.5) is 0 Å². The summed E-state index contributed by atoms with van der Waals surface area (Å²) in [5.41, 5.74) is 0. The van der Waals surface area contributed by atoms with Crippen molar-refractivity contribution < 1.29 is 4.74 Å². The molecule has 1 N–H and O–H groups in total. The lowest BCUT2D eigenvalue weighted by Crippen LogP contribution is -2.58. The number of rotatable bonds is 7. The Kier molecular flexibility index (Phi) is 5.29. The van der Waals surface area contributed by atoms with Crippen LogP contribution < -0.4 is 10.1 Å². The lowest BCUT2D eigenvalue weighted by molar-refractivity contribution is 0.122. The van der Waals surface area contributed by atoms with Crippen molar-refractivity contribution in [3.8, 4) is 5.75 Å². The first kappa shape index (κ1) is 13.7. The van der Waals surface area contributed by atoms with E-state index < -0.39 is 0 Å². The van der Waals surface area contributed by atoms with Gasteiger partial charge in [0.15, 0.2) is 0 Å². The molecule has 100 valence electrons. The van der Waals surface area contributed by atoms with Gasteiger partial charge in [0, 0.05) is 30.7 Å². The highest BCUT2D eigenvalue weighted by Crippen LogP contribution is 2.15. The molecule has 1 aliphatic heterocycles. The molecule has 0 bridgehead atoms. The number of nitrogens with one attached hydrogen (secondary N) is 1. The van der Waals surface area contributed by atoms with Gasteiger partial charge in [0.2, 0.25) is 0 Å². The van der Waals surface area contributed by atoms with E-state index in [0.29, 0.717) is 6.04 Å². The van der Waals surface area contributed by atoms with Gasteiger partial charge in [-0.05, 0) is 37.2 Å². The molecule has 0 amide bonds. The predicted octanol–water partition coefficient (Wildman–Crippen LogP) is 2.40. The van der Waals surface area contributed by atoms with Crippen LogP contribution in [-0.4, -0.2) is 43.7 Å². The molecule has 0 spiro atoms. The Labute approximate surface area is 114 Å². The van der Waals surface area contributed by atoms with E-state index in [0.717, 1.165) is 43.6 Å². The molecule has 0 aromatic heterocycles. The highest BCUT2D eigenvalue weighted by atomic mass is 35.5. The molecule has 0 aliphatic carbocycles. The molecule has 1 fully saturated rings. The monoisotopic (exact) mass is 268 g/mol. The Morgan fingerprint density at radius 1 is 1.28 bits per heavy atom. The highest BCUT2D eigenvalue weighted by Gasteiger charge is 2.23. The molecule has 0 unspecified atom stereocenters. The maximum atomic E-state index is 5.83. The second-order valence-electron chi connectivity index (χ2n) is 4.65. The van der Waals surface area contributed by atoms with Gasteiger partial charge in [-0.3, -0.25) is 4.90 Å². The highest BCUT2D eigenvalue weighted by molar-refractivity contribution is 6.30. The van der Waals surface area contributed by atoms with Gasteiger partial charge in [0.25, 0.3) is 0 Å². The van der Waals surface area contributed by atoms with Crippen LogP contribution in [0.25, 0.3) is 0 Å². The molecule has 18 heavy (non-hydrogen) atoms. The average Bonchev–Trinajstić information content (AvgIpc) is 2.30. The zero-order chi connectivity index (χ0) is 12.8. The van der Waals surface area contributed by atoms with Crippen LogP contribution >= 0.6 is 11.6 Å². The van der Waals surface area contributed by atoms with Gasteiger partial charge in [-0.25, -0.2) is 0 Å². The second-order valence-corrected chi connectivity index (χ2v) is 5.09. The minimum absolute atomic E-state index is 0.693. The first-order chi connectivity index (χ1) is 8.79. The Bertz CT molecular complexity index is 351. The molecule has 0 saturated carbocycles. The van der Waals surface area contributed by atoms with Crippen molar-refractivity contribution in [1.29, 1.82) is 0 Å². The third-order valence-corrected chi connectivity index (χ3v) is 3.50. The largest absolute Gasteiger partial charge is 0.492 e. The van der Waals surface area contributed by atoms with Gasteiger partial charge in [0.05, 0.1) is 0 Å².